The van der Waals surface area contributed by atoms with E-state index in [-0.39, 0.29) is 0 Å². The maximum atomic E-state index is 10.8. The smallest absolute Gasteiger partial charge is 0.120 e. The van der Waals surface area contributed by atoms with Gasteiger partial charge >= 0.3 is 0 Å². The molecule has 2 aromatic carbocycles. The van der Waals surface area contributed by atoms with Crippen LogP contribution >= 0.6 is 0 Å². The zero-order valence-corrected chi connectivity index (χ0v) is 16.9. The number of methoxy groups -OCH3 is 1. The number of nitrogens with one attached hydrogen (secondary N) is 1. The molecular weight excluding hydrogens is 350 g/mol. The van der Waals surface area contributed by atoms with Gasteiger partial charge in [0.05, 0.1) is 19.8 Å². The fourth-order valence-electron chi connectivity index (χ4n) is 4.15. The Morgan fingerprint density at radius 3 is 2.89 bits per heavy atom. The molecule has 0 saturated heterocycles. The van der Waals surface area contributed by atoms with Crippen molar-refractivity contribution in [2.24, 2.45) is 0 Å². The molecule has 1 aromatic heterocycles. The molecule has 2 N–H and O–H groups in total. The molecular formula is C23H29N3O2. The molecule has 0 amide bonds. The maximum Gasteiger partial charge on any atom is 0.120 e. The molecule has 1 aliphatic heterocycles. The van der Waals surface area contributed by atoms with Gasteiger partial charge in [0.15, 0.2) is 0 Å². The fraction of sp³-hybridized carbons (Fsp3) is 0.391. The van der Waals surface area contributed by atoms with E-state index in [0.717, 1.165) is 30.9 Å². The quantitative estimate of drug-likeness (QED) is 0.689. The Bertz CT molecular complexity index is 979. The summed E-state index contributed by atoms with van der Waals surface area (Å²) in [4.78, 5) is 2.37. The van der Waals surface area contributed by atoms with Crippen molar-refractivity contribution < 1.29 is 9.84 Å². The van der Waals surface area contributed by atoms with E-state index >= 15 is 0 Å². The van der Waals surface area contributed by atoms with E-state index < -0.39 is 6.10 Å². The van der Waals surface area contributed by atoms with Gasteiger partial charge in [-0.05, 0) is 43.8 Å². The van der Waals surface area contributed by atoms with Crippen molar-refractivity contribution in [1.82, 2.24) is 9.47 Å². The van der Waals surface area contributed by atoms with Gasteiger partial charge in [-0.25, -0.2) is 0 Å². The van der Waals surface area contributed by atoms with Crippen molar-refractivity contribution in [1.29, 1.82) is 0 Å². The van der Waals surface area contributed by atoms with Crippen LogP contribution in [0.25, 0.3) is 10.9 Å². The second-order valence-corrected chi connectivity index (χ2v) is 7.81. The third-order valence-electron chi connectivity index (χ3n) is 5.61. The van der Waals surface area contributed by atoms with Gasteiger partial charge in [-0.3, -0.25) is 0 Å². The minimum absolute atomic E-state index is 0.480. The molecule has 0 radical (unpaired) electrons. The second-order valence-electron chi connectivity index (χ2n) is 7.81. The van der Waals surface area contributed by atoms with Crippen molar-refractivity contribution in [2.45, 2.75) is 32.5 Å². The zero-order chi connectivity index (χ0) is 19.7. The van der Waals surface area contributed by atoms with E-state index in [2.05, 4.69) is 47.0 Å². The molecule has 0 spiro atoms. The Kier molecular flexibility index (Phi) is 5.29. The Hall–Kier alpha value is -2.50. The number of benzene rings is 2. The largest absolute Gasteiger partial charge is 0.497 e. The molecule has 4 rings (SSSR count). The first-order chi connectivity index (χ1) is 13.5. The molecule has 5 heteroatoms. The van der Waals surface area contributed by atoms with Crippen molar-refractivity contribution in [3.63, 3.8) is 0 Å². The van der Waals surface area contributed by atoms with E-state index in [9.17, 15) is 5.11 Å². The molecule has 1 aliphatic rings. The van der Waals surface area contributed by atoms with Gasteiger partial charge in [-0.2, -0.15) is 0 Å². The number of rotatable bonds is 6. The van der Waals surface area contributed by atoms with E-state index in [1.54, 1.807) is 7.11 Å². The van der Waals surface area contributed by atoms with Crippen molar-refractivity contribution >= 4 is 16.6 Å². The first-order valence-corrected chi connectivity index (χ1v) is 9.90. The van der Waals surface area contributed by atoms with Crippen LogP contribution in [0, 0.1) is 6.92 Å². The number of nitrogens with zero attached hydrogens (tertiary/aromatic N) is 2. The van der Waals surface area contributed by atoms with E-state index in [1.807, 2.05) is 24.3 Å². The maximum absolute atomic E-state index is 10.8. The summed E-state index contributed by atoms with van der Waals surface area (Å²) in [6.45, 7) is 5.26. The number of aromatic nitrogens is 1. The van der Waals surface area contributed by atoms with Crippen LogP contribution in [-0.4, -0.2) is 47.9 Å². The highest BCUT2D eigenvalue weighted by molar-refractivity contribution is 5.86. The van der Waals surface area contributed by atoms with E-state index in [1.165, 1.54) is 27.7 Å². The normalized spacial score (nSPS) is 15.4. The number of likely N-dealkylation sites (N-methyl/N-ethyl adjacent to an activating group) is 1. The Morgan fingerprint density at radius 2 is 2.07 bits per heavy atom. The molecule has 28 heavy (non-hydrogen) atoms. The van der Waals surface area contributed by atoms with E-state index in [4.69, 9.17) is 4.74 Å². The summed E-state index contributed by atoms with van der Waals surface area (Å²) in [6, 6.07) is 14.4. The van der Waals surface area contributed by atoms with Gasteiger partial charge in [0, 0.05) is 54.4 Å². The Labute approximate surface area is 166 Å². The van der Waals surface area contributed by atoms with Crippen molar-refractivity contribution in [2.75, 3.05) is 32.6 Å². The summed E-state index contributed by atoms with van der Waals surface area (Å²) < 4.78 is 7.59. The number of hydrogen-bond donors (Lipinski definition) is 2. The number of aliphatic hydroxyl groups excluding tert-OH is 1. The highest BCUT2D eigenvalue weighted by atomic mass is 16.5. The topological polar surface area (TPSA) is 49.7 Å². The van der Waals surface area contributed by atoms with Crippen molar-refractivity contribution in [3.05, 3.63) is 59.3 Å². The molecule has 148 valence electrons. The van der Waals surface area contributed by atoms with Gasteiger partial charge in [-0.15, -0.1) is 0 Å². The summed E-state index contributed by atoms with van der Waals surface area (Å²) in [7, 11) is 3.84. The molecule has 0 aliphatic carbocycles. The van der Waals surface area contributed by atoms with Crippen LogP contribution < -0.4 is 10.1 Å². The third kappa shape index (κ3) is 3.73. The highest BCUT2D eigenvalue weighted by Gasteiger charge is 2.23. The first-order valence-electron chi connectivity index (χ1n) is 9.90. The van der Waals surface area contributed by atoms with Gasteiger partial charge in [0.2, 0.25) is 0 Å². The fourth-order valence-corrected chi connectivity index (χ4v) is 4.15. The number of ether oxygens (including phenoxy) is 1. The van der Waals surface area contributed by atoms with Gasteiger partial charge in [0.25, 0.3) is 0 Å². The summed E-state index contributed by atoms with van der Waals surface area (Å²) >= 11 is 0. The van der Waals surface area contributed by atoms with Crippen LogP contribution in [0.5, 0.6) is 5.75 Å². The zero-order valence-electron chi connectivity index (χ0n) is 16.9. The third-order valence-corrected chi connectivity index (χ3v) is 5.61. The predicted molar refractivity (Wildman–Crippen MR) is 114 cm³/mol. The number of aryl methyl sites for hydroxylation is 1. The molecule has 0 fully saturated rings. The Balaban J connectivity index is 1.55. The lowest BCUT2D eigenvalue weighted by Gasteiger charge is -2.25. The second kappa shape index (κ2) is 7.86. The van der Waals surface area contributed by atoms with Gasteiger partial charge in [0.1, 0.15) is 5.75 Å². The lowest BCUT2D eigenvalue weighted by atomic mass is 10.0. The Morgan fingerprint density at radius 1 is 1.21 bits per heavy atom. The summed E-state index contributed by atoms with van der Waals surface area (Å²) in [5, 5.41) is 15.4. The van der Waals surface area contributed by atoms with Crippen LogP contribution in [0.4, 0.5) is 5.69 Å². The van der Waals surface area contributed by atoms with Crippen LogP contribution in [0.1, 0.15) is 16.8 Å². The average molecular weight is 380 g/mol. The summed E-state index contributed by atoms with van der Waals surface area (Å²) in [6.07, 6.45) is 0.544. The van der Waals surface area contributed by atoms with Crippen LogP contribution in [0.15, 0.2) is 42.5 Å². The minimum Gasteiger partial charge on any atom is -0.497 e. The lowest BCUT2D eigenvalue weighted by molar-refractivity contribution is 0.166. The highest BCUT2D eigenvalue weighted by Crippen LogP contribution is 2.31. The number of aliphatic hydroxyl groups is 1. The average Bonchev–Trinajstić information content (AvgIpc) is 2.99. The number of anilines is 1. The van der Waals surface area contributed by atoms with Gasteiger partial charge < -0.3 is 24.6 Å². The summed E-state index contributed by atoms with van der Waals surface area (Å²) in [5.41, 5.74) is 6.25. The number of hydrogen-bond acceptors (Lipinski definition) is 4. The molecule has 5 nitrogen and oxygen atoms in total. The van der Waals surface area contributed by atoms with Crippen LogP contribution in [0.2, 0.25) is 0 Å². The standard InChI is InChI=1S/C23H29N3O2/c1-16-7-8-22-20(11-16)21-15-25(2)10-9-23(21)26(22)14-18(27)13-24-17-5-4-6-19(12-17)28-3/h4-8,11-12,18,24,27H,9-10,13-15H2,1-3H3. The monoisotopic (exact) mass is 379 g/mol. The first kappa shape index (κ1) is 18.8. The van der Waals surface area contributed by atoms with Crippen LogP contribution in [0.3, 0.4) is 0 Å². The SMILES string of the molecule is COc1cccc(NCC(O)Cn2c3c(c4cc(C)ccc42)CN(C)CC3)c1. The molecule has 3 aromatic rings. The molecule has 1 atom stereocenters. The molecule has 2 heterocycles. The number of fused-ring (bicyclic) bond motifs is 3. The molecule has 1 unspecified atom stereocenters. The molecule has 0 saturated carbocycles. The summed E-state index contributed by atoms with van der Waals surface area (Å²) in [5.74, 6) is 0.810. The lowest BCUT2D eigenvalue weighted by Crippen LogP contribution is -2.30. The van der Waals surface area contributed by atoms with E-state index in [0.29, 0.717) is 13.1 Å². The van der Waals surface area contributed by atoms with Crippen LogP contribution in [-0.2, 0) is 19.5 Å². The predicted octanol–water partition coefficient (Wildman–Crippen LogP) is 3.42. The minimum atomic E-state index is -0.480. The van der Waals surface area contributed by atoms with Crippen molar-refractivity contribution in [3.8, 4) is 5.75 Å². The van der Waals surface area contributed by atoms with Gasteiger partial charge in [-0.1, -0.05) is 17.7 Å². The molecule has 0 bridgehead atoms.